The van der Waals surface area contributed by atoms with Crippen molar-refractivity contribution in [2.45, 2.75) is 32.1 Å². The van der Waals surface area contributed by atoms with Crippen LogP contribution < -0.4 is 5.32 Å². The van der Waals surface area contributed by atoms with Gasteiger partial charge in [0.05, 0.1) is 27.5 Å². The number of non-ortho nitro benzene ring substituents is 1. The minimum atomic E-state index is -0.582. The van der Waals surface area contributed by atoms with Crippen LogP contribution in [-0.4, -0.2) is 34.1 Å². The molecule has 0 bridgehead atoms. The summed E-state index contributed by atoms with van der Waals surface area (Å²) in [6.45, 7) is 0.0289. The van der Waals surface area contributed by atoms with Crippen LogP contribution in [0.15, 0.2) is 18.2 Å². The average Bonchev–Trinajstić information content (AvgIpc) is 2.86. The predicted octanol–water partition coefficient (Wildman–Crippen LogP) is 2.75. The molecule has 8 nitrogen and oxygen atoms in total. The summed E-state index contributed by atoms with van der Waals surface area (Å²) in [4.78, 5) is 48.2. The van der Waals surface area contributed by atoms with E-state index in [-0.39, 0.29) is 53.0 Å². The van der Waals surface area contributed by atoms with E-state index in [0.717, 1.165) is 31.7 Å². The molecule has 0 spiro atoms. The lowest BCUT2D eigenvalue weighted by Crippen LogP contribution is -2.34. The lowest BCUT2D eigenvalue weighted by atomic mass is 9.81. The van der Waals surface area contributed by atoms with Crippen LogP contribution >= 0.6 is 11.6 Å². The van der Waals surface area contributed by atoms with Crippen molar-refractivity contribution in [3.05, 3.63) is 33.3 Å². The second-order valence-corrected chi connectivity index (χ2v) is 6.95. The van der Waals surface area contributed by atoms with E-state index in [4.69, 9.17) is 11.6 Å². The number of carbonyl (C=O) groups is 3. The zero-order chi connectivity index (χ0) is 18.8. The fourth-order valence-electron chi connectivity index (χ4n) is 3.60. The first-order chi connectivity index (χ1) is 12.4. The number of likely N-dealkylation sites (tertiary alicyclic amines) is 1. The number of nitro groups is 1. The Kier molecular flexibility index (Phi) is 5.22. The molecule has 2 aliphatic rings. The fraction of sp³-hybridized carbons (Fsp3) is 0.471. The Hall–Kier alpha value is -2.48. The molecule has 3 rings (SSSR count). The molecule has 1 heterocycles. The van der Waals surface area contributed by atoms with E-state index >= 15 is 0 Å². The highest BCUT2D eigenvalue weighted by Gasteiger charge is 2.47. The maximum absolute atomic E-state index is 12.4. The predicted molar refractivity (Wildman–Crippen MR) is 93.5 cm³/mol. The van der Waals surface area contributed by atoms with Crippen LogP contribution in [0.3, 0.4) is 0 Å². The number of rotatable bonds is 5. The topological polar surface area (TPSA) is 110 Å². The van der Waals surface area contributed by atoms with E-state index in [2.05, 4.69) is 5.32 Å². The van der Waals surface area contributed by atoms with Gasteiger partial charge in [0.1, 0.15) is 0 Å². The van der Waals surface area contributed by atoms with Gasteiger partial charge in [0.2, 0.25) is 17.7 Å². The second-order valence-electron chi connectivity index (χ2n) is 6.54. The molecule has 1 saturated carbocycles. The van der Waals surface area contributed by atoms with E-state index in [9.17, 15) is 24.5 Å². The van der Waals surface area contributed by atoms with Gasteiger partial charge in [-0.3, -0.25) is 29.4 Å². The molecule has 2 unspecified atom stereocenters. The van der Waals surface area contributed by atoms with Gasteiger partial charge in [-0.2, -0.15) is 0 Å². The number of benzene rings is 1. The first kappa shape index (κ1) is 18.3. The third kappa shape index (κ3) is 3.55. The van der Waals surface area contributed by atoms with Crippen LogP contribution in [0.4, 0.5) is 11.4 Å². The van der Waals surface area contributed by atoms with Crippen molar-refractivity contribution < 1.29 is 19.3 Å². The Morgan fingerprint density at radius 3 is 2.38 bits per heavy atom. The maximum Gasteiger partial charge on any atom is 0.271 e. The molecule has 1 aliphatic carbocycles. The normalized spacial score (nSPS) is 22.3. The van der Waals surface area contributed by atoms with Crippen LogP contribution in [-0.2, 0) is 14.4 Å². The summed E-state index contributed by atoms with van der Waals surface area (Å²) in [7, 11) is 0. The highest BCUT2D eigenvalue weighted by atomic mass is 35.5. The van der Waals surface area contributed by atoms with Gasteiger partial charge in [-0.25, -0.2) is 0 Å². The van der Waals surface area contributed by atoms with Crippen molar-refractivity contribution in [3.63, 3.8) is 0 Å². The maximum atomic E-state index is 12.4. The van der Waals surface area contributed by atoms with Crippen LogP contribution in [0, 0.1) is 22.0 Å². The minimum Gasteiger partial charge on any atom is -0.325 e. The molecule has 3 amide bonds. The smallest absolute Gasteiger partial charge is 0.271 e. The summed E-state index contributed by atoms with van der Waals surface area (Å²) in [5.74, 6) is -1.25. The van der Waals surface area contributed by atoms with Crippen molar-refractivity contribution in [1.29, 1.82) is 0 Å². The van der Waals surface area contributed by atoms with Crippen molar-refractivity contribution in [2.24, 2.45) is 11.8 Å². The molecular formula is C17H18ClN3O5. The highest BCUT2D eigenvalue weighted by molar-refractivity contribution is 6.34. The van der Waals surface area contributed by atoms with Gasteiger partial charge < -0.3 is 5.32 Å². The van der Waals surface area contributed by atoms with Crippen LogP contribution in [0.25, 0.3) is 0 Å². The molecule has 1 aromatic carbocycles. The molecule has 0 aromatic heterocycles. The van der Waals surface area contributed by atoms with Gasteiger partial charge in [-0.1, -0.05) is 24.4 Å². The number of nitrogens with zero attached hydrogens (tertiary/aromatic N) is 2. The summed E-state index contributed by atoms with van der Waals surface area (Å²) < 4.78 is 0. The number of imide groups is 1. The summed E-state index contributed by atoms with van der Waals surface area (Å²) in [6, 6.07) is 3.73. The zero-order valence-corrected chi connectivity index (χ0v) is 14.7. The Morgan fingerprint density at radius 2 is 1.85 bits per heavy atom. The van der Waals surface area contributed by atoms with Crippen LogP contribution in [0.5, 0.6) is 0 Å². The fourth-order valence-corrected chi connectivity index (χ4v) is 3.82. The lowest BCUT2D eigenvalue weighted by molar-refractivity contribution is -0.384. The molecular weight excluding hydrogens is 362 g/mol. The van der Waals surface area contributed by atoms with Gasteiger partial charge in [-0.15, -0.1) is 0 Å². The van der Waals surface area contributed by atoms with E-state index in [1.54, 1.807) is 0 Å². The average molecular weight is 380 g/mol. The summed E-state index contributed by atoms with van der Waals surface area (Å²) in [5.41, 5.74) is 0.0684. The Labute approximate surface area is 154 Å². The van der Waals surface area contributed by atoms with Gasteiger partial charge in [0.25, 0.3) is 5.69 Å². The van der Waals surface area contributed by atoms with Crippen LogP contribution in [0.1, 0.15) is 32.1 Å². The van der Waals surface area contributed by atoms with Gasteiger partial charge in [0.15, 0.2) is 0 Å². The van der Waals surface area contributed by atoms with Gasteiger partial charge >= 0.3 is 0 Å². The molecule has 138 valence electrons. The Morgan fingerprint density at radius 1 is 1.23 bits per heavy atom. The zero-order valence-electron chi connectivity index (χ0n) is 13.9. The lowest BCUT2D eigenvalue weighted by Gasteiger charge is -2.19. The number of anilines is 1. The van der Waals surface area contributed by atoms with Gasteiger partial charge in [0, 0.05) is 25.1 Å². The number of fused-ring (bicyclic) bond motifs is 1. The number of nitro benzene ring substituents is 1. The molecule has 9 heteroatoms. The summed E-state index contributed by atoms with van der Waals surface area (Å²) in [6.07, 6.45) is 3.32. The number of carbonyl (C=O) groups excluding carboxylic acids is 3. The number of halogens is 1. The first-order valence-corrected chi connectivity index (χ1v) is 8.85. The SMILES string of the molecule is O=C(CCN1C(=O)C2CCCCC2C1=O)Nc1ccc([N+](=O)[O-])cc1Cl. The van der Waals surface area contributed by atoms with E-state index in [1.165, 1.54) is 17.0 Å². The Bertz CT molecular complexity index is 758. The number of hydrogen-bond donors (Lipinski definition) is 1. The molecule has 1 aromatic rings. The highest BCUT2D eigenvalue weighted by Crippen LogP contribution is 2.38. The number of nitrogens with one attached hydrogen (secondary N) is 1. The van der Waals surface area contributed by atoms with Crippen molar-refractivity contribution in [1.82, 2.24) is 4.90 Å². The van der Waals surface area contributed by atoms with E-state index in [0.29, 0.717) is 0 Å². The third-order valence-corrected chi connectivity index (χ3v) is 5.25. The second kappa shape index (κ2) is 7.41. The van der Waals surface area contributed by atoms with Crippen molar-refractivity contribution in [3.8, 4) is 0 Å². The molecule has 26 heavy (non-hydrogen) atoms. The van der Waals surface area contributed by atoms with Crippen LogP contribution in [0.2, 0.25) is 5.02 Å². The third-order valence-electron chi connectivity index (χ3n) is 4.93. The monoisotopic (exact) mass is 379 g/mol. The summed E-state index contributed by atoms with van der Waals surface area (Å²) in [5, 5.41) is 13.3. The molecule has 0 radical (unpaired) electrons. The summed E-state index contributed by atoms with van der Waals surface area (Å²) >= 11 is 5.94. The minimum absolute atomic E-state index is 0.0289. The number of hydrogen-bond acceptors (Lipinski definition) is 5. The molecule has 2 atom stereocenters. The molecule has 1 saturated heterocycles. The van der Waals surface area contributed by atoms with Crippen molar-refractivity contribution >= 4 is 40.7 Å². The molecule has 1 N–H and O–H groups in total. The van der Waals surface area contributed by atoms with E-state index < -0.39 is 10.8 Å². The standard InChI is InChI=1S/C17H18ClN3O5/c18-13-9-10(21(25)26)5-6-14(13)19-15(22)7-8-20-16(23)11-3-1-2-4-12(11)17(20)24/h5-6,9,11-12H,1-4,7-8H2,(H,19,22). The van der Waals surface area contributed by atoms with Crippen molar-refractivity contribution in [2.75, 3.05) is 11.9 Å². The molecule has 2 fully saturated rings. The number of amides is 3. The molecule has 1 aliphatic heterocycles. The Balaban J connectivity index is 1.58. The first-order valence-electron chi connectivity index (χ1n) is 8.47. The quantitative estimate of drug-likeness (QED) is 0.480. The van der Waals surface area contributed by atoms with Gasteiger partial charge in [-0.05, 0) is 18.9 Å². The largest absolute Gasteiger partial charge is 0.325 e. The van der Waals surface area contributed by atoms with E-state index in [1.807, 2.05) is 0 Å².